The molecule has 5 nitrogen and oxygen atoms in total. The molecular formula is C17H18ClN5. The molecule has 0 fully saturated rings. The van der Waals surface area contributed by atoms with E-state index in [0.29, 0.717) is 5.02 Å². The van der Waals surface area contributed by atoms with E-state index in [9.17, 15) is 0 Å². The van der Waals surface area contributed by atoms with Gasteiger partial charge in [-0.05, 0) is 67.6 Å². The van der Waals surface area contributed by atoms with E-state index >= 15 is 0 Å². The smallest absolute Gasteiger partial charge is 0.181 e. The maximum absolute atomic E-state index is 5.95. The molecule has 0 spiro atoms. The second-order valence-electron chi connectivity index (χ2n) is 6.01. The number of aryl methyl sites for hydroxylation is 1. The van der Waals surface area contributed by atoms with Crippen LogP contribution in [0.1, 0.15) is 25.2 Å². The molecule has 2 aromatic carbocycles. The highest BCUT2D eigenvalue weighted by Crippen LogP contribution is 2.25. The lowest BCUT2D eigenvalue weighted by Gasteiger charge is -2.26. The van der Waals surface area contributed by atoms with Crippen molar-refractivity contribution in [3.63, 3.8) is 0 Å². The number of aromatic nitrogens is 4. The normalized spacial score (nSPS) is 11.5. The predicted molar refractivity (Wildman–Crippen MR) is 92.0 cm³/mol. The minimum absolute atomic E-state index is 0.446. The molecule has 0 saturated heterocycles. The molecule has 3 aromatic rings. The Hall–Kier alpha value is -2.40. The van der Waals surface area contributed by atoms with Crippen LogP contribution in [0.15, 0.2) is 48.5 Å². The van der Waals surface area contributed by atoms with Gasteiger partial charge in [0.1, 0.15) is 0 Å². The third-order valence-electron chi connectivity index (χ3n) is 3.61. The Morgan fingerprint density at radius 1 is 1.00 bits per heavy atom. The number of nitrogens with zero attached hydrogens (tertiary/aromatic N) is 4. The Kier molecular flexibility index (Phi) is 4.05. The van der Waals surface area contributed by atoms with E-state index < -0.39 is 5.54 Å². The van der Waals surface area contributed by atoms with Crippen LogP contribution in [0.4, 0.5) is 5.69 Å². The standard InChI is InChI=1S/C17H18ClN5/c1-12-4-8-14(9-5-12)19-17(2,3)16-20-21-22-23(16)15-10-6-13(18)7-11-15/h4-11,19H,1-3H3. The van der Waals surface area contributed by atoms with Crippen molar-refractivity contribution in [2.75, 3.05) is 5.32 Å². The number of rotatable bonds is 4. The number of halogens is 1. The number of benzene rings is 2. The van der Waals surface area contributed by atoms with E-state index in [-0.39, 0.29) is 0 Å². The Bertz CT molecular complexity index is 791. The van der Waals surface area contributed by atoms with Gasteiger partial charge in [0.2, 0.25) is 0 Å². The molecule has 0 atom stereocenters. The summed E-state index contributed by atoms with van der Waals surface area (Å²) in [5.41, 5.74) is 2.66. The first-order valence-corrected chi connectivity index (χ1v) is 7.73. The highest BCUT2D eigenvalue weighted by molar-refractivity contribution is 6.30. The third-order valence-corrected chi connectivity index (χ3v) is 3.86. The third kappa shape index (κ3) is 3.35. The highest BCUT2D eigenvalue weighted by atomic mass is 35.5. The number of nitrogens with one attached hydrogen (secondary N) is 1. The number of hydrogen-bond acceptors (Lipinski definition) is 4. The summed E-state index contributed by atoms with van der Waals surface area (Å²) in [7, 11) is 0. The Labute approximate surface area is 140 Å². The quantitative estimate of drug-likeness (QED) is 0.787. The molecule has 3 rings (SSSR count). The molecule has 0 aliphatic rings. The second-order valence-corrected chi connectivity index (χ2v) is 6.44. The lowest BCUT2D eigenvalue weighted by molar-refractivity contribution is 0.542. The summed E-state index contributed by atoms with van der Waals surface area (Å²) in [6, 6.07) is 15.7. The van der Waals surface area contributed by atoms with Crippen molar-refractivity contribution in [3.8, 4) is 5.69 Å². The topological polar surface area (TPSA) is 55.6 Å². The van der Waals surface area contributed by atoms with E-state index in [1.54, 1.807) is 4.68 Å². The lowest BCUT2D eigenvalue weighted by Crippen LogP contribution is -2.31. The van der Waals surface area contributed by atoms with Gasteiger partial charge in [-0.15, -0.1) is 5.10 Å². The van der Waals surface area contributed by atoms with Gasteiger partial charge in [0.05, 0.1) is 11.2 Å². The highest BCUT2D eigenvalue weighted by Gasteiger charge is 2.28. The molecule has 1 heterocycles. The molecule has 0 bridgehead atoms. The zero-order valence-electron chi connectivity index (χ0n) is 13.3. The summed E-state index contributed by atoms with van der Waals surface area (Å²) >= 11 is 5.95. The molecule has 0 aliphatic carbocycles. The summed E-state index contributed by atoms with van der Waals surface area (Å²) in [5, 5.41) is 16.3. The fourth-order valence-corrected chi connectivity index (χ4v) is 2.51. The molecule has 6 heteroatoms. The van der Waals surface area contributed by atoms with Gasteiger partial charge in [-0.1, -0.05) is 29.3 Å². The van der Waals surface area contributed by atoms with Crippen LogP contribution in [0.2, 0.25) is 5.02 Å². The minimum Gasteiger partial charge on any atom is -0.373 e. The Morgan fingerprint density at radius 2 is 1.65 bits per heavy atom. The number of anilines is 1. The fraction of sp³-hybridized carbons (Fsp3) is 0.235. The zero-order valence-corrected chi connectivity index (χ0v) is 14.0. The minimum atomic E-state index is -0.446. The molecular weight excluding hydrogens is 310 g/mol. The van der Waals surface area contributed by atoms with Crippen molar-refractivity contribution >= 4 is 17.3 Å². The van der Waals surface area contributed by atoms with E-state index in [4.69, 9.17) is 11.6 Å². The fourth-order valence-electron chi connectivity index (χ4n) is 2.39. The summed E-state index contributed by atoms with van der Waals surface area (Å²) in [4.78, 5) is 0. The number of tetrazole rings is 1. The van der Waals surface area contributed by atoms with E-state index in [2.05, 4.69) is 39.9 Å². The zero-order chi connectivity index (χ0) is 16.4. The van der Waals surface area contributed by atoms with Crippen molar-refractivity contribution in [2.45, 2.75) is 26.3 Å². The average molecular weight is 328 g/mol. The van der Waals surface area contributed by atoms with Crippen molar-refractivity contribution in [1.82, 2.24) is 20.2 Å². The van der Waals surface area contributed by atoms with Gasteiger partial charge in [-0.3, -0.25) is 0 Å². The van der Waals surface area contributed by atoms with Crippen molar-refractivity contribution < 1.29 is 0 Å². The molecule has 23 heavy (non-hydrogen) atoms. The summed E-state index contributed by atoms with van der Waals surface area (Å²) < 4.78 is 1.72. The van der Waals surface area contributed by atoms with Crippen LogP contribution in [-0.4, -0.2) is 20.2 Å². The van der Waals surface area contributed by atoms with Crippen molar-refractivity contribution in [1.29, 1.82) is 0 Å². The molecule has 118 valence electrons. The summed E-state index contributed by atoms with van der Waals surface area (Å²) in [5.74, 6) is 0.723. The molecule has 0 saturated carbocycles. The van der Waals surface area contributed by atoms with Crippen LogP contribution in [0.5, 0.6) is 0 Å². The van der Waals surface area contributed by atoms with Crippen molar-refractivity contribution in [2.24, 2.45) is 0 Å². The van der Waals surface area contributed by atoms with Gasteiger partial charge in [0.25, 0.3) is 0 Å². The van der Waals surface area contributed by atoms with E-state index in [0.717, 1.165) is 17.2 Å². The first kappa shape index (κ1) is 15.5. The van der Waals surface area contributed by atoms with Gasteiger partial charge in [-0.25, -0.2) is 0 Å². The first-order valence-electron chi connectivity index (χ1n) is 7.35. The maximum Gasteiger partial charge on any atom is 0.181 e. The van der Waals surface area contributed by atoms with Crippen molar-refractivity contribution in [3.05, 3.63) is 64.9 Å². The molecule has 0 radical (unpaired) electrons. The largest absolute Gasteiger partial charge is 0.373 e. The maximum atomic E-state index is 5.95. The molecule has 0 unspecified atom stereocenters. The Balaban J connectivity index is 1.93. The number of hydrogen-bond donors (Lipinski definition) is 1. The van der Waals surface area contributed by atoms with Crippen LogP contribution in [-0.2, 0) is 5.54 Å². The van der Waals surface area contributed by atoms with E-state index in [1.807, 2.05) is 50.2 Å². The molecule has 0 amide bonds. The molecule has 1 N–H and O–H groups in total. The second kappa shape index (κ2) is 6.01. The predicted octanol–water partition coefficient (Wildman–Crippen LogP) is 3.97. The SMILES string of the molecule is Cc1ccc(NC(C)(C)c2nnnn2-c2ccc(Cl)cc2)cc1. The first-order chi connectivity index (χ1) is 11.0. The molecule has 0 aliphatic heterocycles. The monoisotopic (exact) mass is 327 g/mol. The van der Waals surface area contributed by atoms with E-state index in [1.165, 1.54) is 5.56 Å². The summed E-state index contributed by atoms with van der Waals surface area (Å²) in [6.07, 6.45) is 0. The van der Waals surface area contributed by atoms with Crippen LogP contribution in [0, 0.1) is 6.92 Å². The van der Waals surface area contributed by atoms with Crippen LogP contribution >= 0.6 is 11.6 Å². The Morgan fingerprint density at radius 3 is 2.30 bits per heavy atom. The van der Waals surface area contributed by atoms with Crippen LogP contribution < -0.4 is 5.32 Å². The van der Waals surface area contributed by atoms with Gasteiger partial charge in [0.15, 0.2) is 5.82 Å². The average Bonchev–Trinajstić information content (AvgIpc) is 3.01. The summed E-state index contributed by atoms with van der Waals surface area (Å²) in [6.45, 7) is 6.16. The van der Waals surface area contributed by atoms with Gasteiger partial charge in [-0.2, -0.15) is 4.68 Å². The van der Waals surface area contributed by atoms with Gasteiger partial charge in [0, 0.05) is 10.7 Å². The van der Waals surface area contributed by atoms with Crippen LogP contribution in [0.3, 0.4) is 0 Å². The van der Waals surface area contributed by atoms with Crippen LogP contribution in [0.25, 0.3) is 5.69 Å². The lowest BCUT2D eigenvalue weighted by atomic mass is 10.0. The van der Waals surface area contributed by atoms with Gasteiger partial charge < -0.3 is 5.32 Å². The molecule has 1 aromatic heterocycles. The van der Waals surface area contributed by atoms with Gasteiger partial charge >= 0.3 is 0 Å².